The first-order valence-electron chi connectivity index (χ1n) is 9.33. The van der Waals surface area contributed by atoms with E-state index < -0.39 is 0 Å². The largest absolute Gasteiger partial charge is 0.377 e. The van der Waals surface area contributed by atoms with E-state index in [0.29, 0.717) is 23.5 Å². The molecule has 2 N–H and O–H groups in total. The van der Waals surface area contributed by atoms with E-state index in [0.717, 1.165) is 12.6 Å². The van der Waals surface area contributed by atoms with Crippen LogP contribution in [0, 0.1) is 18.3 Å². The standard InChI is InChI=1S/C20H29N3O.HI/c1-13-7-4-5-8-15(13)14(2)22-19(21-3)23-17-16-9-12-24-18(16)20(17)10-6-11-20;/h4-5,7-8,14,16-18H,6,9-12H2,1-3H3,(H2,21,22,23);1H. The van der Waals surface area contributed by atoms with Crippen LogP contribution in [-0.4, -0.2) is 31.8 Å². The highest BCUT2D eigenvalue weighted by Gasteiger charge is 2.66. The number of halogens is 1. The second kappa shape index (κ2) is 7.43. The molecule has 1 aliphatic heterocycles. The summed E-state index contributed by atoms with van der Waals surface area (Å²) in [5, 5.41) is 7.33. The lowest BCUT2D eigenvalue weighted by Gasteiger charge is -2.63. The van der Waals surface area contributed by atoms with Crippen molar-refractivity contribution in [2.24, 2.45) is 16.3 Å². The minimum atomic E-state index is 0. The average Bonchev–Trinajstić information content (AvgIpc) is 2.95. The Morgan fingerprint density at radius 3 is 2.72 bits per heavy atom. The van der Waals surface area contributed by atoms with Crippen molar-refractivity contribution < 1.29 is 4.74 Å². The molecular formula is C20H30IN3O. The molecule has 25 heavy (non-hydrogen) atoms. The number of nitrogens with zero attached hydrogens (tertiary/aromatic N) is 1. The fraction of sp³-hybridized carbons (Fsp3) is 0.650. The molecule has 1 saturated heterocycles. The molecule has 2 saturated carbocycles. The van der Waals surface area contributed by atoms with Crippen molar-refractivity contribution in [1.82, 2.24) is 10.6 Å². The summed E-state index contributed by atoms with van der Waals surface area (Å²) in [7, 11) is 1.87. The quantitative estimate of drug-likeness (QED) is 0.414. The van der Waals surface area contributed by atoms with Crippen LogP contribution in [0.3, 0.4) is 0 Å². The van der Waals surface area contributed by atoms with E-state index in [1.807, 2.05) is 7.05 Å². The van der Waals surface area contributed by atoms with E-state index in [2.05, 4.69) is 53.7 Å². The molecule has 0 amide bonds. The number of rotatable bonds is 3. The van der Waals surface area contributed by atoms with Gasteiger partial charge < -0.3 is 15.4 Å². The molecule has 4 unspecified atom stereocenters. The second-order valence-corrected chi connectivity index (χ2v) is 7.75. The highest BCUT2D eigenvalue weighted by atomic mass is 127. The second-order valence-electron chi connectivity index (χ2n) is 7.75. The van der Waals surface area contributed by atoms with Gasteiger partial charge in [-0.3, -0.25) is 4.99 Å². The van der Waals surface area contributed by atoms with Gasteiger partial charge in [0, 0.05) is 31.0 Å². The maximum atomic E-state index is 6.02. The summed E-state index contributed by atoms with van der Waals surface area (Å²) in [5.74, 6) is 1.59. The van der Waals surface area contributed by atoms with E-state index in [-0.39, 0.29) is 30.0 Å². The summed E-state index contributed by atoms with van der Waals surface area (Å²) < 4.78 is 6.02. The molecule has 1 aromatic carbocycles. The van der Waals surface area contributed by atoms with Crippen molar-refractivity contribution in [3.8, 4) is 0 Å². The Kier molecular flexibility index (Phi) is 5.63. The van der Waals surface area contributed by atoms with Gasteiger partial charge in [-0.1, -0.05) is 30.7 Å². The molecule has 5 heteroatoms. The first-order chi connectivity index (χ1) is 11.7. The topological polar surface area (TPSA) is 45.7 Å². The monoisotopic (exact) mass is 455 g/mol. The smallest absolute Gasteiger partial charge is 0.191 e. The lowest BCUT2D eigenvalue weighted by atomic mass is 9.46. The minimum absolute atomic E-state index is 0. The van der Waals surface area contributed by atoms with E-state index in [1.54, 1.807) is 0 Å². The Labute approximate surface area is 168 Å². The summed E-state index contributed by atoms with van der Waals surface area (Å²) in [4.78, 5) is 4.50. The van der Waals surface area contributed by atoms with Gasteiger partial charge in [0.1, 0.15) is 0 Å². The Morgan fingerprint density at radius 2 is 2.08 bits per heavy atom. The first kappa shape index (κ1) is 19.0. The van der Waals surface area contributed by atoms with Crippen LogP contribution in [0.15, 0.2) is 29.3 Å². The van der Waals surface area contributed by atoms with Crippen LogP contribution in [0.4, 0.5) is 0 Å². The number of guanidine groups is 1. The van der Waals surface area contributed by atoms with Crippen molar-refractivity contribution in [2.45, 2.75) is 57.7 Å². The molecule has 0 aromatic heterocycles. The van der Waals surface area contributed by atoms with Crippen LogP contribution < -0.4 is 10.6 Å². The zero-order valence-corrected chi connectivity index (χ0v) is 17.7. The highest BCUT2D eigenvalue weighted by molar-refractivity contribution is 14.0. The van der Waals surface area contributed by atoms with E-state index in [9.17, 15) is 0 Å². The zero-order chi connectivity index (χ0) is 16.7. The van der Waals surface area contributed by atoms with Gasteiger partial charge in [0.25, 0.3) is 0 Å². The Hall–Kier alpha value is -0.820. The van der Waals surface area contributed by atoms with Gasteiger partial charge in [0.2, 0.25) is 0 Å². The number of aliphatic imine (C=N–C) groups is 1. The third-order valence-corrected chi connectivity index (χ3v) is 6.56. The summed E-state index contributed by atoms with van der Waals surface area (Å²) in [6.07, 6.45) is 5.63. The van der Waals surface area contributed by atoms with Crippen molar-refractivity contribution in [1.29, 1.82) is 0 Å². The molecule has 4 rings (SSSR count). The molecule has 138 valence electrons. The molecule has 3 aliphatic rings. The van der Waals surface area contributed by atoms with E-state index in [4.69, 9.17) is 4.74 Å². The molecular weight excluding hydrogens is 425 g/mol. The Bertz CT molecular complexity index is 644. The summed E-state index contributed by atoms with van der Waals surface area (Å²) in [6.45, 7) is 5.30. The zero-order valence-electron chi connectivity index (χ0n) is 15.4. The number of nitrogens with one attached hydrogen (secondary N) is 2. The number of hydrogen-bond acceptors (Lipinski definition) is 2. The number of fused-ring (bicyclic) bond motifs is 2. The van der Waals surface area contributed by atoms with Crippen LogP contribution in [0.5, 0.6) is 0 Å². The molecule has 1 heterocycles. The highest BCUT2D eigenvalue weighted by Crippen LogP contribution is 2.62. The van der Waals surface area contributed by atoms with Crippen molar-refractivity contribution in [2.75, 3.05) is 13.7 Å². The molecule has 0 bridgehead atoms. The van der Waals surface area contributed by atoms with Gasteiger partial charge in [-0.2, -0.15) is 0 Å². The van der Waals surface area contributed by atoms with Gasteiger partial charge in [0.05, 0.1) is 12.1 Å². The van der Waals surface area contributed by atoms with E-state index >= 15 is 0 Å². The minimum Gasteiger partial charge on any atom is -0.377 e. The molecule has 4 nitrogen and oxygen atoms in total. The van der Waals surface area contributed by atoms with Gasteiger partial charge in [-0.15, -0.1) is 24.0 Å². The SMILES string of the molecule is CN=C(NC(C)c1ccccc1C)NC1C2CCOC2C12CCC2.I. The van der Waals surface area contributed by atoms with Crippen LogP contribution in [0.1, 0.15) is 49.8 Å². The van der Waals surface area contributed by atoms with E-state index in [1.165, 1.54) is 36.8 Å². The van der Waals surface area contributed by atoms with Gasteiger partial charge in [-0.05, 0) is 44.2 Å². The van der Waals surface area contributed by atoms with Crippen LogP contribution in [-0.2, 0) is 4.74 Å². The lowest BCUT2D eigenvalue weighted by molar-refractivity contribution is -0.171. The molecule has 1 aromatic rings. The van der Waals surface area contributed by atoms with Gasteiger partial charge in [-0.25, -0.2) is 0 Å². The maximum absolute atomic E-state index is 6.02. The van der Waals surface area contributed by atoms with Crippen molar-refractivity contribution in [3.63, 3.8) is 0 Å². The first-order valence-corrected chi connectivity index (χ1v) is 9.33. The third kappa shape index (κ3) is 3.07. The summed E-state index contributed by atoms with van der Waals surface area (Å²) in [6, 6.07) is 9.32. The van der Waals surface area contributed by atoms with Crippen LogP contribution >= 0.6 is 24.0 Å². The lowest BCUT2D eigenvalue weighted by Crippen LogP contribution is -2.72. The fourth-order valence-corrected chi connectivity index (χ4v) is 5.13. The van der Waals surface area contributed by atoms with Crippen LogP contribution in [0.2, 0.25) is 0 Å². The normalized spacial score (nSPS) is 30.5. The third-order valence-electron chi connectivity index (χ3n) is 6.56. The summed E-state index contributed by atoms with van der Waals surface area (Å²) in [5.41, 5.74) is 3.02. The molecule has 1 spiro atoms. The Morgan fingerprint density at radius 1 is 1.32 bits per heavy atom. The van der Waals surface area contributed by atoms with Crippen molar-refractivity contribution >= 4 is 29.9 Å². The van der Waals surface area contributed by atoms with Crippen LogP contribution in [0.25, 0.3) is 0 Å². The molecule has 4 atom stereocenters. The number of hydrogen-bond donors (Lipinski definition) is 2. The molecule has 2 aliphatic carbocycles. The number of ether oxygens (including phenoxy) is 1. The average molecular weight is 455 g/mol. The summed E-state index contributed by atoms with van der Waals surface area (Å²) >= 11 is 0. The van der Waals surface area contributed by atoms with Gasteiger partial charge >= 0.3 is 0 Å². The predicted octanol–water partition coefficient (Wildman–Crippen LogP) is 3.80. The molecule has 3 fully saturated rings. The number of benzene rings is 1. The Balaban J connectivity index is 0.00000182. The van der Waals surface area contributed by atoms with Gasteiger partial charge in [0.15, 0.2) is 5.96 Å². The molecule has 0 radical (unpaired) electrons. The number of aryl methyl sites for hydroxylation is 1. The fourth-order valence-electron chi connectivity index (χ4n) is 5.13. The predicted molar refractivity (Wildman–Crippen MR) is 113 cm³/mol. The van der Waals surface area contributed by atoms with Crippen molar-refractivity contribution in [3.05, 3.63) is 35.4 Å². The maximum Gasteiger partial charge on any atom is 0.191 e.